The van der Waals surface area contributed by atoms with Crippen LogP contribution in [0.4, 0.5) is 13.2 Å². The lowest BCUT2D eigenvalue weighted by Gasteiger charge is -2.11. The third-order valence-electron chi connectivity index (χ3n) is 4.99. The minimum absolute atomic E-state index is 0.0678. The molecule has 0 aromatic heterocycles. The summed E-state index contributed by atoms with van der Waals surface area (Å²) in [4.78, 5) is 22.6. The number of carbonyl (C=O) groups excluding carboxylic acids is 1. The zero-order valence-corrected chi connectivity index (χ0v) is 19.4. The quantitative estimate of drug-likeness (QED) is 0.352. The van der Waals surface area contributed by atoms with Crippen LogP contribution < -0.4 is 10.1 Å². The van der Waals surface area contributed by atoms with Crippen LogP contribution in [0.25, 0.3) is 11.1 Å². The molecule has 1 amide bonds. The maximum absolute atomic E-state index is 12.4. The van der Waals surface area contributed by atoms with Crippen molar-refractivity contribution in [1.29, 1.82) is 0 Å². The highest BCUT2D eigenvalue weighted by Crippen LogP contribution is 2.29. The predicted molar refractivity (Wildman–Crippen MR) is 125 cm³/mol. The number of halogens is 4. The van der Waals surface area contributed by atoms with Gasteiger partial charge in [-0.3, -0.25) is 9.59 Å². The van der Waals surface area contributed by atoms with Crippen LogP contribution in [0.1, 0.15) is 27.9 Å². The molecule has 0 saturated carbocycles. The molecule has 0 heterocycles. The van der Waals surface area contributed by atoms with Gasteiger partial charge in [0.15, 0.2) is 0 Å². The van der Waals surface area contributed by atoms with Crippen molar-refractivity contribution in [3.8, 4) is 16.9 Å². The minimum Gasteiger partial charge on any atom is -0.481 e. The molecule has 3 rings (SSSR count). The third-order valence-corrected chi connectivity index (χ3v) is 5.76. The van der Waals surface area contributed by atoms with E-state index in [1.807, 2.05) is 30.3 Å². The van der Waals surface area contributed by atoms with E-state index in [4.69, 9.17) is 5.11 Å². The van der Waals surface area contributed by atoms with Gasteiger partial charge in [0.1, 0.15) is 5.75 Å². The van der Waals surface area contributed by atoms with E-state index in [-0.39, 0.29) is 24.6 Å². The molecule has 0 aliphatic rings. The maximum atomic E-state index is 12.4. The molecule has 0 fully saturated rings. The Bertz CT molecular complexity index is 1150. The molecule has 0 aliphatic heterocycles. The zero-order chi connectivity index (χ0) is 24.7. The number of aryl methyl sites for hydroxylation is 2. The van der Waals surface area contributed by atoms with Gasteiger partial charge in [-0.25, -0.2) is 0 Å². The Morgan fingerprint density at radius 3 is 2.18 bits per heavy atom. The lowest BCUT2D eigenvalue weighted by atomic mass is 9.98. The summed E-state index contributed by atoms with van der Waals surface area (Å²) in [7, 11) is 0. The van der Waals surface area contributed by atoms with Crippen molar-refractivity contribution in [2.75, 3.05) is 6.54 Å². The first kappa shape index (κ1) is 25.3. The summed E-state index contributed by atoms with van der Waals surface area (Å²) in [5.74, 6) is -1.57. The van der Waals surface area contributed by atoms with Crippen LogP contribution in [0, 0.1) is 0 Å². The van der Waals surface area contributed by atoms with Gasteiger partial charge in [-0.15, -0.1) is 13.2 Å². The van der Waals surface area contributed by atoms with Crippen molar-refractivity contribution in [3.05, 3.63) is 87.9 Å². The minimum atomic E-state index is -4.73. The van der Waals surface area contributed by atoms with Gasteiger partial charge in [0.05, 0.1) is 6.42 Å². The van der Waals surface area contributed by atoms with E-state index in [0.717, 1.165) is 26.7 Å². The second-order valence-corrected chi connectivity index (χ2v) is 8.33. The lowest BCUT2D eigenvalue weighted by Crippen LogP contribution is -2.25. The highest BCUT2D eigenvalue weighted by Gasteiger charge is 2.30. The summed E-state index contributed by atoms with van der Waals surface area (Å²) >= 11 is 3.55. The number of nitrogens with one attached hydrogen (secondary N) is 1. The SMILES string of the molecule is O=C(O)CCNC(=O)c1ccc(CCc2cc(-c3ccc(OC(F)(F)F)cc3)ccc2Br)cc1. The Hall–Kier alpha value is -3.33. The number of ether oxygens (including phenoxy) is 1. The standard InChI is InChI=1S/C25H21BrF3NO4/c26-22-12-9-19(17-7-10-21(11-8-17)34-25(27,28)29)15-20(22)6-3-16-1-4-18(5-2-16)24(33)30-14-13-23(31)32/h1-2,4-5,7-12,15H,3,6,13-14H2,(H,30,33)(H,31,32). The van der Waals surface area contributed by atoms with Gasteiger partial charge < -0.3 is 15.2 Å². The Kier molecular flexibility index (Phi) is 8.33. The van der Waals surface area contributed by atoms with Gasteiger partial charge in [-0.1, -0.05) is 52.3 Å². The summed E-state index contributed by atoms with van der Waals surface area (Å²) in [5, 5.41) is 11.2. The molecule has 0 radical (unpaired) electrons. The van der Waals surface area contributed by atoms with Crippen LogP contribution >= 0.6 is 15.9 Å². The fourth-order valence-electron chi connectivity index (χ4n) is 3.28. The maximum Gasteiger partial charge on any atom is 0.573 e. The molecule has 5 nitrogen and oxygen atoms in total. The summed E-state index contributed by atoms with van der Waals surface area (Å²) in [6.45, 7) is 0.0678. The van der Waals surface area contributed by atoms with E-state index in [1.54, 1.807) is 24.3 Å². The van der Waals surface area contributed by atoms with Crippen molar-refractivity contribution >= 4 is 27.8 Å². The lowest BCUT2D eigenvalue weighted by molar-refractivity contribution is -0.274. The second kappa shape index (κ2) is 11.2. The number of carbonyl (C=O) groups is 2. The van der Waals surface area contributed by atoms with Crippen LogP contribution in [0.2, 0.25) is 0 Å². The number of aliphatic carboxylic acids is 1. The molecule has 0 aliphatic carbocycles. The third kappa shape index (κ3) is 7.62. The number of carboxylic acids is 1. The molecule has 3 aromatic carbocycles. The fourth-order valence-corrected chi connectivity index (χ4v) is 3.73. The van der Waals surface area contributed by atoms with Crippen LogP contribution in [0.3, 0.4) is 0 Å². The Labute approximate surface area is 202 Å². The average molecular weight is 536 g/mol. The van der Waals surface area contributed by atoms with E-state index < -0.39 is 12.3 Å². The smallest absolute Gasteiger partial charge is 0.481 e. The van der Waals surface area contributed by atoms with E-state index in [2.05, 4.69) is 26.0 Å². The Balaban J connectivity index is 1.62. The molecule has 0 spiro atoms. The fraction of sp³-hybridized carbons (Fsp3) is 0.200. The van der Waals surface area contributed by atoms with E-state index in [0.29, 0.717) is 18.4 Å². The molecule has 34 heavy (non-hydrogen) atoms. The first-order chi connectivity index (χ1) is 16.1. The van der Waals surface area contributed by atoms with Crippen LogP contribution in [0.5, 0.6) is 5.75 Å². The first-order valence-corrected chi connectivity index (χ1v) is 11.1. The second-order valence-electron chi connectivity index (χ2n) is 7.47. The number of carboxylic acid groups (broad SMARTS) is 1. The van der Waals surface area contributed by atoms with Gasteiger partial charge in [-0.2, -0.15) is 0 Å². The van der Waals surface area contributed by atoms with Crippen molar-refractivity contribution in [3.63, 3.8) is 0 Å². The molecular weight excluding hydrogens is 515 g/mol. The highest BCUT2D eigenvalue weighted by molar-refractivity contribution is 9.10. The topological polar surface area (TPSA) is 75.6 Å². The molecule has 0 saturated heterocycles. The number of alkyl halides is 3. The van der Waals surface area contributed by atoms with E-state index >= 15 is 0 Å². The summed E-state index contributed by atoms with van der Waals surface area (Å²) in [5.41, 5.74) is 4.14. The molecule has 178 valence electrons. The highest BCUT2D eigenvalue weighted by atomic mass is 79.9. The number of hydrogen-bond acceptors (Lipinski definition) is 3. The first-order valence-electron chi connectivity index (χ1n) is 10.3. The largest absolute Gasteiger partial charge is 0.573 e. The average Bonchev–Trinajstić information content (AvgIpc) is 2.78. The van der Waals surface area contributed by atoms with Crippen LogP contribution in [-0.4, -0.2) is 29.9 Å². The van der Waals surface area contributed by atoms with Gasteiger partial charge in [0, 0.05) is 16.6 Å². The Morgan fingerprint density at radius 2 is 1.56 bits per heavy atom. The molecule has 0 bridgehead atoms. The van der Waals surface area contributed by atoms with Gasteiger partial charge in [0.25, 0.3) is 5.91 Å². The predicted octanol–water partition coefficient (Wildman–Crippen LogP) is 6.00. The number of benzene rings is 3. The number of hydrogen-bond donors (Lipinski definition) is 2. The van der Waals surface area contributed by atoms with Crippen molar-refractivity contribution in [2.45, 2.75) is 25.6 Å². The van der Waals surface area contributed by atoms with Gasteiger partial charge in [0.2, 0.25) is 0 Å². The van der Waals surface area contributed by atoms with Crippen LogP contribution in [-0.2, 0) is 17.6 Å². The normalized spacial score (nSPS) is 11.2. The monoisotopic (exact) mass is 535 g/mol. The molecule has 0 unspecified atom stereocenters. The molecule has 3 aromatic rings. The summed E-state index contributed by atoms with van der Waals surface area (Å²) < 4.78 is 41.9. The Morgan fingerprint density at radius 1 is 0.912 bits per heavy atom. The van der Waals surface area contributed by atoms with E-state index in [9.17, 15) is 22.8 Å². The van der Waals surface area contributed by atoms with E-state index in [1.165, 1.54) is 12.1 Å². The summed E-state index contributed by atoms with van der Waals surface area (Å²) in [6, 6.07) is 18.6. The van der Waals surface area contributed by atoms with Crippen molar-refractivity contribution < 1.29 is 32.6 Å². The van der Waals surface area contributed by atoms with Gasteiger partial charge >= 0.3 is 12.3 Å². The number of amides is 1. The zero-order valence-electron chi connectivity index (χ0n) is 17.9. The number of rotatable bonds is 9. The van der Waals surface area contributed by atoms with Gasteiger partial charge in [-0.05, 0) is 65.4 Å². The molecule has 0 atom stereocenters. The van der Waals surface area contributed by atoms with Crippen molar-refractivity contribution in [2.24, 2.45) is 0 Å². The molecule has 9 heteroatoms. The summed E-state index contributed by atoms with van der Waals surface area (Å²) in [6.07, 6.45) is -3.45. The molecule has 2 N–H and O–H groups in total. The van der Waals surface area contributed by atoms with Crippen molar-refractivity contribution in [1.82, 2.24) is 5.32 Å². The van der Waals surface area contributed by atoms with Crippen LogP contribution in [0.15, 0.2) is 71.2 Å². The molecular formula is C25H21BrF3NO4.